The molecule has 2 aromatic rings. The molecule has 0 saturated carbocycles. The van der Waals surface area contributed by atoms with E-state index in [1.54, 1.807) is 30.2 Å². The van der Waals surface area contributed by atoms with Crippen LogP contribution in [0.5, 0.6) is 0 Å². The summed E-state index contributed by atoms with van der Waals surface area (Å²) in [6.07, 6.45) is 3.38. The van der Waals surface area contributed by atoms with E-state index >= 15 is 0 Å². The van der Waals surface area contributed by atoms with Crippen LogP contribution in [0.4, 0.5) is 15.5 Å². The largest absolute Gasteiger partial charge is 0.444 e. The quantitative estimate of drug-likeness (QED) is 0.223. The van der Waals surface area contributed by atoms with E-state index in [1.165, 1.54) is 18.4 Å². The van der Waals surface area contributed by atoms with Gasteiger partial charge in [0, 0.05) is 58.2 Å². The fourth-order valence-corrected chi connectivity index (χ4v) is 7.99. The molecule has 0 bridgehead atoms. The van der Waals surface area contributed by atoms with Gasteiger partial charge in [0.25, 0.3) is 0 Å². The molecule has 8 nitrogen and oxygen atoms in total. The number of carbonyl (C=O) groups excluding carboxylic acids is 2. The number of benzene rings is 1. The third-order valence-corrected chi connectivity index (χ3v) is 9.96. The standard InChI is InChI=1S/C27H37BrN4O4S2.C4H10.C2H6/c1-15-13-18-22(24-30-19-8-7-17(28)14-20(19)37-24)25(31-21(33)9-10-29-11-12-35-6)38-23(18)16(2)32(15)26(34)36-27(3,4)5;1-3-4-2;1-2/h7-8,14-16,24,29-30H,9-13H2,1-6H3,(H,31,33);3-4H2,1-2H3;1-2H3. The van der Waals surface area contributed by atoms with Crippen LogP contribution in [0.25, 0.3) is 0 Å². The fraction of sp³-hybridized carbons (Fsp3) is 0.636. The molecule has 3 N–H and O–H groups in total. The molecule has 3 unspecified atom stereocenters. The summed E-state index contributed by atoms with van der Waals surface area (Å²) in [6.45, 7) is 20.0. The van der Waals surface area contributed by atoms with Crippen LogP contribution in [0, 0.1) is 0 Å². The van der Waals surface area contributed by atoms with Gasteiger partial charge in [0.15, 0.2) is 0 Å². The fourth-order valence-electron chi connectivity index (χ4n) is 4.80. The molecule has 2 amide bonds. The lowest BCUT2D eigenvalue weighted by Gasteiger charge is -2.39. The summed E-state index contributed by atoms with van der Waals surface area (Å²) in [6, 6.07) is 6.00. The Labute approximate surface area is 281 Å². The van der Waals surface area contributed by atoms with Gasteiger partial charge in [-0.2, -0.15) is 0 Å². The number of methoxy groups -OCH3 is 1. The van der Waals surface area contributed by atoms with Crippen LogP contribution in [-0.4, -0.2) is 55.3 Å². The van der Waals surface area contributed by atoms with E-state index in [0.29, 0.717) is 32.5 Å². The van der Waals surface area contributed by atoms with Gasteiger partial charge in [-0.3, -0.25) is 9.69 Å². The number of anilines is 2. The average Bonchev–Trinajstić information content (AvgIpc) is 3.53. The number of amides is 2. The minimum Gasteiger partial charge on any atom is -0.444 e. The second kappa shape index (κ2) is 18.4. The van der Waals surface area contributed by atoms with Crippen molar-refractivity contribution in [3.63, 3.8) is 0 Å². The summed E-state index contributed by atoms with van der Waals surface area (Å²) >= 11 is 6.90. The third kappa shape index (κ3) is 10.6. The van der Waals surface area contributed by atoms with Crippen molar-refractivity contribution in [2.24, 2.45) is 0 Å². The van der Waals surface area contributed by atoms with Crippen molar-refractivity contribution in [3.05, 3.63) is 38.7 Å². The van der Waals surface area contributed by atoms with Crippen molar-refractivity contribution in [1.82, 2.24) is 10.2 Å². The molecule has 0 aliphatic carbocycles. The Kier molecular flexibility index (Phi) is 16.0. The molecule has 2 aliphatic heterocycles. The SMILES string of the molecule is CC.CCCC.COCCNCCC(=O)Nc1sc2c(c1C1Nc3ccc(Br)cc3S1)CC(C)N(C(=O)OC(C)(C)C)C2C. The summed E-state index contributed by atoms with van der Waals surface area (Å²) in [5.74, 6) is -0.0391. The second-order valence-corrected chi connectivity index (χ2v) is 14.7. The van der Waals surface area contributed by atoms with E-state index in [-0.39, 0.29) is 29.5 Å². The van der Waals surface area contributed by atoms with Crippen molar-refractivity contribution in [1.29, 1.82) is 0 Å². The molecule has 0 saturated heterocycles. The molecule has 2 aliphatic rings. The molecular formula is C33H53BrN4O4S2. The van der Waals surface area contributed by atoms with Crippen molar-refractivity contribution < 1.29 is 19.1 Å². The molecule has 1 aromatic heterocycles. The zero-order valence-corrected chi connectivity index (χ0v) is 31.4. The van der Waals surface area contributed by atoms with Crippen LogP contribution in [0.3, 0.4) is 0 Å². The van der Waals surface area contributed by atoms with Crippen molar-refractivity contribution in [3.8, 4) is 0 Å². The van der Waals surface area contributed by atoms with Gasteiger partial charge in [0.2, 0.25) is 5.91 Å². The molecule has 0 fully saturated rings. The van der Waals surface area contributed by atoms with Gasteiger partial charge in [0.1, 0.15) is 16.0 Å². The van der Waals surface area contributed by atoms with Crippen molar-refractivity contribution in [2.75, 3.05) is 37.4 Å². The Hall–Kier alpha value is -1.79. The maximum absolute atomic E-state index is 13.1. The molecule has 44 heavy (non-hydrogen) atoms. The highest BCUT2D eigenvalue weighted by atomic mass is 79.9. The lowest BCUT2D eigenvalue weighted by molar-refractivity contribution is -0.116. The molecule has 0 radical (unpaired) electrons. The summed E-state index contributed by atoms with van der Waals surface area (Å²) < 4.78 is 11.8. The highest BCUT2D eigenvalue weighted by Gasteiger charge is 2.41. The molecule has 248 valence electrons. The first kappa shape index (κ1) is 38.4. The minimum atomic E-state index is -0.571. The Bertz CT molecular complexity index is 1220. The van der Waals surface area contributed by atoms with E-state index in [2.05, 4.69) is 64.8 Å². The number of rotatable bonds is 9. The summed E-state index contributed by atoms with van der Waals surface area (Å²) in [7, 11) is 1.66. The molecule has 11 heteroatoms. The number of halogens is 1. The van der Waals surface area contributed by atoms with Crippen LogP contribution in [0.1, 0.15) is 109 Å². The van der Waals surface area contributed by atoms with Gasteiger partial charge in [0.05, 0.1) is 12.6 Å². The lowest BCUT2D eigenvalue weighted by atomic mass is 9.93. The van der Waals surface area contributed by atoms with Crippen LogP contribution >= 0.6 is 39.0 Å². The van der Waals surface area contributed by atoms with E-state index < -0.39 is 5.60 Å². The minimum absolute atomic E-state index is 0.0391. The second-order valence-electron chi connectivity index (χ2n) is 11.6. The lowest BCUT2D eigenvalue weighted by Crippen LogP contribution is -2.46. The highest BCUT2D eigenvalue weighted by Crippen LogP contribution is 2.54. The first-order valence-electron chi connectivity index (χ1n) is 15.8. The summed E-state index contributed by atoms with van der Waals surface area (Å²) in [4.78, 5) is 30.2. The molecule has 4 rings (SSSR count). The number of nitrogens with one attached hydrogen (secondary N) is 3. The van der Waals surface area contributed by atoms with Gasteiger partial charge in [-0.05, 0) is 64.8 Å². The van der Waals surface area contributed by atoms with Crippen molar-refractivity contribution >= 4 is 61.7 Å². The Balaban J connectivity index is 0.00000104. The Morgan fingerprint density at radius 2 is 1.82 bits per heavy atom. The highest BCUT2D eigenvalue weighted by molar-refractivity contribution is 9.10. The third-order valence-electron chi connectivity index (χ3n) is 6.96. The zero-order valence-electron chi connectivity index (χ0n) is 28.2. The monoisotopic (exact) mass is 712 g/mol. The molecule has 3 atom stereocenters. The zero-order chi connectivity index (χ0) is 33.0. The first-order chi connectivity index (χ1) is 20.9. The van der Waals surface area contributed by atoms with E-state index in [1.807, 2.05) is 52.5 Å². The van der Waals surface area contributed by atoms with Gasteiger partial charge in [-0.1, -0.05) is 68.2 Å². The number of hydrogen-bond acceptors (Lipinski definition) is 8. The molecule has 1 aromatic carbocycles. The summed E-state index contributed by atoms with van der Waals surface area (Å²) in [5, 5.41) is 10.9. The Morgan fingerprint density at radius 3 is 2.43 bits per heavy atom. The Morgan fingerprint density at radius 1 is 1.14 bits per heavy atom. The van der Waals surface area contributed by atoms with E-state index in [0.717, 1.165) is 30.5 Å². The topological polar surface area (TPSA) is 91.9 Å². The number of carbonyl (C=O) groups is 2. The van der Waals surface area contributed by atoms with Gasteiger partial charge in [-0.15, -0.1) is 11.3 Å². The predicted molar refractivity (Wildman–Crippen MR) is 190 cm³/mol. The predicted octanol–water partition coefficient (Wildman–Crippen LogP) is 9.37. The number of nitrogens with zero attached hydrogens (tertiary/aromatic N) is 1. The van der Waals surface area contributed by atoms with Crippen LogP contribution < -0.4 is 16.0 Å². The average molecular weight is 714 g/mol. The number of thiophene rings is 1. The number of hydrogen-bond donors (Lipinski definition) is 3. The normalized spacial score (nSPS) is 18.5. The van der Waals surface area contributed by atoms with Crippen molar-refractivity contribution in [2.45, 2.75) is 116 Å². The van der Waals surface area contributed by atoms with Gasteiger partial charge in [-0.25, -0.2) is 4.79 Å². The van der Waals surface area contributed by atoms with Crippen LogP contribution in [0.2, 0.25) is 0 Å². The molecule has 0 spiro atoms. The maximum atomic E-state index is 13.1. The maximum Gasteiger partial charge on any atom is 0.411 e. The number of ether oxygens (including phenoxy) is 2. The molecular weight excluding hydrogens is 660 g/mol. The number of thioether (sulfide) groups is 1. The van der Waals surface area contributed by atoms with Gasteiger partial charge >= 0.3 is 6.09 Å². The smallest absolute Gasteiger partial charge is 0.411 e. The number of fused-ring (bicyclic) bond motifs is 2. The summed E-state index contributed by atoms with van der Waals surface area (Å²) in [5.41, 5.74) is 2.82. The van der Waals surface area contributed by atoms with E-state index in [9.17, 15) is 9.59 Å². The van der Waals surface area contributed by atoms with Crippen LogP contribution in [-0.2, 0) is 20.7 Å². The number of unbranched alkanes of at least 4 members (excludes halogenated alkanes) is 1. The van der Waals surface area contributed by atoms with E-state index in [4.69, 9.17) is 9.47 Å². The van der Waals surface area contributed by atoms with Crippen LogP contribution in [0.15, 0.2) is 27.6 Å². The van der Waals surface area contributed by atoms with Gasteiger partial charge < -0.3 is 25.4 Å². The molecule has 3 heterocycles. The first-order valence-corrected chi connectivity index (χ1v) is 18.3.